The van der Waals surface area contributed by atoms with E-state index in [2.05, 4.69) is 15.4 Å². The number of carbonyl (C=O) groups is 2. The maximum Gasteiger partial charge on any atom is 0.227 e. The van der Waals surface area contributed by atoms with Gasteiger partial charge in [0.25, 0.3) is 0 Å². The molecule has 162 valence electrons. The van der Waals surface area contributed by atoms with Gasteiger partial charge in [-0.3, -0.25) is 9.59 Å². The number of rotatable bonds is 8. The van der Waals surface area contributed by atoms with Gasteiger partial charge in [-0.2, -0.15) is 0 Å². The summed E-state index contributed by atoms with van der Waals surface area (Å²) < 4.78 is 26.1. The summed E-state index contributed by atoms with van der Waals surface area (Å²) in [4.78, 5) is 25.6. The van der Waals surface area contributed by atoms with Crippen LogP contribution in [-0.2, 0) is 31.9 Å². The van der Waals surface area contributed by atoms with Crippen molar-refractivity contribution in [2.45, 2.75) is 70.7 Å². The van der Waals surface area contributed by atoms with Gasteiger partial charge in [0.2, 0.25) is 21.8 Å². The van der Waals surface area contributed by atoms with Gasteiger partial charge >= 0.3 is 0 Å². The van der Waals surface area contributed by atoms with Crippen molar-refractivity contribution >= 4 is 21.8 Å². The van der Waals surface area contributed by atoms with Crippen molar-refractivity contribution in [3.63, 3.8) is 0 Å². The van der Waals surface area contributed by atoms with Crippen molar-refractivity contribution in [3.8, 4) is 0 Å². The molecule has 1 saturated carbocycles. The zero-order valence-corrected chi connectivity index (χ0v) is 18.6. The van der Waals surface area contributed by atoms with Crippen molar-refractivity contribution in [1.82, 2.24) is 15.4 Å². The highest BCUT2D eigenvalue weighted by Crippen LogP contribution is 2.41. The highest BCUT2D eigenvalue weighted by atomic mass is 32.2. The van der Waals surface area contributed by atoms with Gasteiger partial charge in [0.1, 0.15) is 0 Å². The number of hydrogen-bond donors (Lipinski definition) is 3. The largest absolute Gasteiger partial charge is 0.352 e. The molecular weight excluding hydrogens is 390 g/mol. The van der Waals surface area contributed by atoms with Crippen molar-refractivity contribution in [1.29, 1.82) is 0 Å². The quantitative estimate of drug-likeness (QED) is 0.596. The summed E-state index contributed by atoms with van der Waals surface area (Å²) in [6, 6.07) is 7.16. The van der Waals surface area contributed by atoms with Crippen LogP contribution in [0.15, 0.2) is 24.3 Å². The number of amides is 2. The molecule has 1 aliphatic carbocycles. The Labute approximate surface area is 174 Å². The highest BCUT2D eigenvalue weighted by molar-refractivity contribution is 7.88. The van der Waals surface area contributed by atoms with Crippen LogP contribution < -0.4 is 15.4 Å². The van der Waals surface area contributed by atoms with Crippen LogP contribution in [-0.4, -0.2) is 32.8 Å². The van der Waals surface area contributed by atoms with E-state index in [0.717, 1.165) is 18.4 Å². The van der Waals surface area contributed by atoms with Crippen LogP contribution >= 0.6 is 0 Å². The molecule has 1 aliphatic rings. The Morgan fingerprint density at radius 2 is 1.66 bits per heavy atom. The van der Waals surface area contributed by atoms with Gasteiger partial charge in [-0.25, -0.2) is 13.1 Å². The smallest absolute Gasteiger partial charge is 0.227 e. The SMILES string of the molecule is CNS(=O)(=O)Cc1ccccc1CNC(=O)C1(CC(=O)NC(C)(C)C)CCCC1. The molecule has 0 bridgehead atoms. The molecule has 1 fully saturated rings. The van der Waals surface area contributed by atoms with Crippen LogP contribution in [0.2, 0.25) is 0 Å². The normalized spacial score (nSPS) is 16.4. The molecule has 1 aromatic carbocycles. The summed E-state index contributed by atoms with van der Waals surface area (Å²) in [5, 5.41) is 5.91. The van der Waals surface area contributed by atoms with E-state index in [1.807, 2.05) is 32.9 Å². The predicted octanol–water partition coefficient (Wildman–Crippen LogP) is 2.22. The first-order chi connectivity index (χ1) is 13.5. The molecule has 0 saturated heterocycles. The Morgan fingerprint density at radius 3 is 2.21 bits per heavy atom. The van der Waals surface area contributed by atoms with Gasteiger partial charge in [0.15, 0.2) is 0 Å². The molecular formula is C21H33N3O4S. The van der Waals surface area contributed by atoms with Crippen molar-refractivity contribution in [2.24, 2.45) is 5.41 Å². The Kier molecular flexibility index (Phi) is 7.45. The molecule has 2 rings (SSSR count). The maximum absolute atomic E-state index is 13.1. The fraction of sp³-hybridized carbons (Fsp3) is 0.619. The molecule has 0 unspecified atom stereocenters. The van der Waals surface area contributed by atoms with Gasteiger partial charge in [-0.05, 0) is 51.8 Å². The van der Waals surface area contributed by atoms with Crippen molar-refractivity contribution < 1.29 is 18.0 Å². The molecule has 0 aliphatic heterocycles. The fourth-order valence-electron chi connectivity index (χ4n) is 3.82. The summed E-state index contributed by atoms with van der Waals surface area (Å²) in [5.41, 5.74) is 0.368. The van der Waals surface area contributed by atoms with Gasteiger partial charge in [0, 0.05) is 18.5 Å². The number of sulfonamides is 1. The Morgan fingerprint density at radius 1 is 1.07 bits per heavy atom. The van der Waals surface area contributed by atoms with E-state index in [-0.39, 0.29) is 36.1 Å². The number of benzene rings is 1. The van der Waals surface area contributed by atoms with Crippen molar-refractivity contribution in [2.75, 3.05) is 7.05 Å². The Bertz CT molecular complexity index is 838. The first-order valence-electron chi connectivity index (χ1n) is 10.0. The van der Waals surface area contributed by atoms with Crippen LogP contribution in [0.4, 0.5) is 0 Å². The third-order valence-corrected chi connectivity index (χ3v) is 6.58. The maximum atomic E-state index is 13.1. The van der Waals surface area contributed by atoms with E-state index in [9.17, 15) is 18.0 Å². The number of hydrogen-bond acceptors (Lipinski definition) is 4. The lowest BCUT2D eigenvalue weighted by molar-refractivity contribution is -0.137. The van der Waals surface area contributed by atoms with Gasteiger partial charge in [0.05, 0.1) is 11.2 Å². The number of nitrogens with one attached hydrogen (secondary N) is 3. The fourth-order valence-corrected chi connectivity index (χ4v) is 4.65. The minimum absolute atomic E-state index is 0.116. The minimum Gasteiger partial charge on any atom is -0.352 e. The lowest BCUT2D eigenvalue weighted by atomic mass is 9.81. The van der Waals surface area contributed by atoms with E-state index < -0.39 is 15.4 Å². The second-order valence-corrected chi connectivity index (χ2v) is 10.8. The van der Waals surface area contributed by atoms with E-state index in [1.165, 1.54) is 7.05 Å². The number of carbonyl (C=O) groups excluding carboxylic acids is 2. The van der Waals surface area contributed by atoms with Crippen LogP contribution in [0.5, 0.6) is 0 Å². The zero-order valence-electron chi connectivity index (χ0n) is 17.8. The Hall–Kier alpha value is -1.93. The highest BCUT2D eigenvalue weighted by Gasteiger charge is 2.43. The summed E-state index contributed by atoms with van der Waals surface area (Å²) in [7, 11) is -2.03. The monoisotopic (exact) mass is 423 g/mol. The van der Waals surface area contributed by atoms with E-state index in [0.29, 0.717) is 18.4 Å². The molecule has 0 radical (unpaired) electrons. The molecule has 2 amide bonds. The summed E-state index contributed by atoms with van der Waals surface area (Å²) in [6.45, 7) is 5.99. The van der Waals surface area contributed by atoms with Crippen molar-refractivity contribution in [3.05, 3.63) is 35.4 Å². The molecule has 1 aromatic rings. The molecule has 0 heterocycles. The third-order valence-electron chi connectivity index (χ3n) is 5.27. The van der Waals surface area contributed by atoms with E-state index in [4.69, 9.17) is 0 Å². The summed E-state index contributed by atoms with van der Waals surface area (Å²) in [6.07, 6.45) is 3.39. The van der Waals surface area contributed by atoms with E-state index >= 15 is 0 Å². The van der Waals surface area contributed by atoms with Crippen LogP contribution in [0.25, 0.3) is 0 Å². The average molecular weight is 424 g/mol. The lowest BCUT2D eigenvalue weighted by Crippen LogP contribution is -2.46. The van der Waals surface area contributed by atoms with Crippen LogP contribution in [0.1, 0.15) is 64.0 Å². The van der Waals surface area contributed by atoms with Gasteiger partial charge < -0.3 is 10.6 Å². The van der Waals surface area contributed by atoms with Crippen LogP contribution in [0.3, 0.4) is 0 Å². The molecule has 0 aromatic heterocycles. The standard InChI is InChI=1S/C21H33N3O4S/c1-20(2,3)24-18(25)13-21(11-7-8-12-21)19(26)23-14-16-9-5-6-10-17(16)15-29(27,28)22-4/h5-6,9-10,22H,7-8,11-15H2,1-4H3,(H,23,26)(H,24,25). The predicted molar refractivity (Wildman–Crippen MR) is 113 cm³/mol. The molecule has 7 nitrogen and oxygen atoms in total. The third kappa shape index (κ3) is 6.82. The molecule has 3 N–H and O–H groups in total. The molecule has 0 spiro atoms. The second kappa shape index (κ2) is 9.26. The summed E-state index contributed by atoms with van der Waals surface area (Å²) >= 11 is 0. The Balaban J connectivity index is 2.09. The van der Waals surface area contributed by atoms with Gasteiger partial charge in [-0.1, -0.05) is 37.1 Å². The second-order valence-electron chi connectivity index (χ2n) is 8.88. The van der Waals surface area contributed by atoms with E-state index in [1.54, 1.807) is 12.1 Å². The first kappa shape index (κ1) is 23.3. The molecule has 29 heavy (non-hydrogen) atoms. The lowest BCUT2D eigenvalue weighted by Gasteiger charge is -2.29. The molecule has 8 heteroatoms. The topological polar surface area (TPSA) is 104 Å². The van der Waals surface area contributed by atoms with Crippen LogP contribution in [0, 0.1) is 5.41 Å². The molecule has 0 atom stereocenters. The summed E-state index contributed by atoms with van der Waals surface area (Å²) in [5.74, 6) is -0.394. The van der Waals surface area contributed by atoms with Gasteiger partial charge in [-0.15, -0.1) is 0 Å². The zero-order chi connectivity index (χ0) is 21.7. The first-order valence-corrected chi connectivity index (χ1v) is 11.7. The minimum atomic E-state index is -3.41. The average Bonchev–Trinajstić information content (AvgIpc) is 3.08.